The molecule has 1 aliphatic heterocycles. The summed E-state index contributed by atoms with van der Waals surface area (Å²) in [5, 5.41) is 3.96. The Balaban J connectivity index is 0.00000193. The molecule has 4 rings (SSSR count). The molecule has 33 heavy (non-hydrogen) atoms. The summed E-state index contributed by atoms with van der Waals surface area (Å²) in [4.78, 5) is 8.73. The number of anilines is 2. The third kappa shape index (κ3) is 6.94. The highest BCUT2D eigenvalue weighted by Gasteiger charge is 2.19. The first-order valence-electron chi connectivity index (χ1n) is 10.2. The zero-order valence-electron chi connectivity index (χ0n) is 17.8. The molecule has 0 atom stereocenters. The van der Waals surface area contributed by atoms with Crippen molar-refractivity contribution in [3.8, 4) is 11.5 Å². The first-order valence-corrected chi connectivity index (χ1v) is 10.6. The highest BCUT2D eigenvalue weighted by molar-refractivity contribution is 6.31. The number of nitrogens with zero attached hydrogens (tertiary/aromatic N) is 2. The predicted molar refractivity (Wildman–Crippen MR) is 132 cm³/mol. The lowest BCUT2D eigenvalue weighted by Crippen LogP contribution is -2.26. The van der Waals surface area contributed by atoms with E-state index >= 15 is 0 Å². The van der Waals surface area contributed by atoms with E-state index in [1.807, 2.05) is 12.1 Å². The summed E-state index contributed by atoms with van der Waals surface area (Å²) < 4.78 is 31.1. The Kier molecular flexibility index (Phi) is 10.7. The van der Waals surface area contributed by atoms with Gasteiger partial charge in [-0.15, -0.1) is 24.8 Å². The molecule has 0 unspecified atom stereocenters. The van der Waals surface area contributed by atoms with Crippen molar-refractivity contribution >= 4 is 58.8 Å². The second-order valence-electron chi connectivity index (χ2n) is 7.21. The summed E-state index contributed by atoms with van der Waals surface area (Å²) >= 11 is 5.91. The van der Waals surface area contributed by atoms with Gasteiger partial charge in [0.25, 0.3) is 0 Å². The summed E-state index contributed by atoms with van der Waals surface area (Å²) in [6, 6.07) is 8.12. The highest BCUT2D eigenvalue weighted by atomic mass is 35.5. The molecule has 0 spiro atoms. The summed E-state index contributed by atoms with van der Waals surface area (Å²) in [5.41, 5.74) is 6.90. The number of nitrogens with two attached hydrogens (primary N) is 1. The first kappa shape index (κ1) is 27.1. The fourth-order valence-electron chi connectivity index (χ4n) is 3.32. The lowest BCUT2D eigenvalue weighted by atomic mass is 10.1. The maximum Gasteiger partial charge on any atom is 0.163 e. The van der Waals surface area contributed by atoms with Gasteiger partial charge in [-0.25, -0.2) is 14.4 Å². The fourth-order valence-corrected chi connectivity index (χ4v) is 3.50. The number of nitrogens with one attached hydrogen (secondary N) is 1. The molecule has 0 radical (unpaired) electrons. The first-order chi connectivity index (χ1) is 15.1. The molecule has 1 fully saturated rings. The number of halogens is 4. The van der Waals surface area contributed by atoms with Gasteiger partial charge in [-0.2, -0.15) is 0 Å². The standard InChI is InChI=1S/C22H24ClFN4O3.2ClH/c23-17-10-14(2-3-18(17)24)28-22-16-11-21(31-15-4-8-29-9-5-15)20(30-7-1-6-25)12-19(16)26-13-27-22;;/h2-3,10-13,15H,1,4-9,25H2,(H,26,27,28);2*1H. The van der Waals surface area contributed by atoms with Crippen LogP contribution in [0.3, 0.4) is 0 Å². The van der Waals surface area contributed by atoms with E-state index < -0.39 is 5.82 Å². The van der Waals surface area contributed by atoms with Gasteiger partial charge in [0, 0.05) is 30.0 Å². The number of benzene rings is 2. The van der Waals surface area contributed by atoms with Crippen molar-refractivity contribution in [2.45, 2.75) is 25.4 Å². The van der Waals surface area contributed by atoms with Gasteiger partial charge < -0.3 is 25.3 Å². The van der Waals surface area contributed by atoms with Crippen molar-refractivity contribution in [3.63, 3.8) is 0 Å². The lowest BCUT2D eigenvalue weighted by Gasteiger charge is -2.25. The second-order valence-corrected chi connectivity index (χ2v) is 7.62. The van der Waals surface area contributed by atoms with E-state index in [0.717, 1.165) is 24.6 Å². The average Bonchev–Trinajstić information content (AvgIpc) is 2.78. The highest BCUT2D eigenvalue weighted by Crippen LogP contribution is 2.36. The van der Waals surface area contributed by atoms with Crippen molar-refractivity contribution in [3.05, 3.63) is 47.5 Å². The topological polar surface area (TPSA) is 91.5 Å². The molecule has 3 N–H and O–H groups in total. The van der Waals surface area contributed by atoms with E-state index in [0.29, 0.717) is 54.9 Å². The van der Waals surface area contributed by atoms with Gasteiger partial charge in [0.2, 0.25) is 0 Å². The molecule has 7 nitrogen and oxygen atoms in total. The van der Waals surface area contributed by atoms with E-state index in [4.69, 9.17) is 31.5 Å². The van der Waals surface area contributed by atoms with Gasteiger partial charge in [0.15, 0.2) is 11.5 Å². The SMILES string of the molecule is Cl.Cl.NCCCOc1cc2ncnc(Nc3ccc(F)c(Cl)c3)c2cc1OC1CCOCC1. The summed E-state index contributed by atoms with van der Waals surface area (Å²) in [6.45, 7) is 2.36. The van der Waals surface area contributed by atoms with E-state index in [2.05, 4.69) is 15.3 Å². The maximum atomic E-state index is 13.5. The molecule has 11 heteroatoms. The number of hydrogen-bond donors (Lipinski definition) is 2. The summed E-state index contributed by atoms with van der Waals surface area (Å²) in [5.74, 6) is 1.30. The second kappa shape index (κ2) is 13.0. The van der Waals surface area contributed by atoms with Gasteiger partial charge >= 0.3 is 0 Å². The molecule has 1 saturated heterocycles. The van der Waals surface area contributed by atoms with Crippen LogP contribution in [0.25, 0.3) is 10.9 Å². The van der Waals surface area contributed by atoms with Crippen molar-refractivity contribution in [1.82, 2.24) is 9.97 Å². The molecule has 2 aromatic carbocycles. The van der Waals surface area contributed by atoms with Crippen LogP contribution in [0, 0.1) is 5.82 Å². The smallest absolute Gasteiger partial charge is 0.163 e. The van der Waals surface area contributed by atoms with Crippen LogP contribution >= 0.6 is 36.4 Å². The van der Waals surface area contributed by atoms with Crippen LogP contribution < -0.4 is 20.5 Å². The Morgan fingerprint density at radius 1 is 1.12 bits per heavy atom. The molecular formula is C22H26Cl3FN4O3. The quantitative estimate of drug-likeness (QED) is 0.390. The number of ether oxygens (including phenoxy) is 3. The minimum atomic E-state index is -0.480. The molecule has 2 heterocycles. The van der Waals surface area contributed by atoms with Gasteiger partial charge in [-0.3, -0.25) is 0 Å². The van der Waals surface area contributed by atoms with Crippen LogP contribution in [0.15, 0.2) is 36.7 Å². The van der Waals surface area contributed by atoms with Crippen LogP contribution in [0.2, 0.25) is 5.02 Å². The van der Waals surface area contributed by atoms with E-state index in [1.54, 1.807) is 6.07 Å². The molecular weight excluding hydrogens is 494 g/mol. The number of rotatable bonds is 8. The Bertz CT molecular complexity index is 1050. The van der Waals surface area contributed by atoms with Crippen LogP contribution in [0.1, 0.15) is 19.3 Å². The fraction of sp³-hybridized carbons (Fsp3) is 0.364. The Labute approximate surface area is 209 Å². The van der Waals surface area contributed by atoms with Crippen molar-refractivity contribution in [1.29, 1.82) is 0 Å². The van der Waals surface area contributed by atoms with E-state index in [9.17, 15) is 4.39 Å². The van der Waals surface area contributed by atoms with Gasteiger partial charge in [0.05, 0.1) is 30.4 Å². The van der Waals surface area contributed by atoms with Crippen molar-refractivity contribution in [2.24, 2.45) is 5.73 Å². The molecule has 3 aromatic rings. The normalized spacial score (nSPS) is 13.7. The zero-order valence-corrected chi connectivity index (χ0v) is 20.1. The molecule has 0 saturated carbocycles. The van der Waals surface area contributed by atoms with E-state index in [-0.39, 0.29) is 35.9 Å². The summed E-state index contributed by atoms with van der Waals surface area (Å²) in [7, 11) is 0. The number of fused-ring (bicyclic) bond motifs is 1. The minimum Gasteiger partial charge on any atom is -0.490 e. The Morgan fingerprint density at radius 2 is 1.91 bits per heavy atom. The van der Waals surface area contributed by atoms with Gasteiger partial charge in [0.1, 0.15) is 24.1 Å². The average molecular weight is 520 g/mol. The molecule has 0 bridgehead atoms. The number of aromatic nitrogens is 2. The minimum absolute atomic E-state index is 0. The molecule has 1 aliphatic rings. The van der Waals surface area contributed by atoms with Crippen LogP contribution in [0.4, 0.5) is 15.9 Å². The van der Waals surface area contributed by atoms with Gasteiger partial charge in [-0.05, 0) is 37.2 Å². The monoisotopic (exact) mass is 518 g/mol. The van der Waals surface area contributed by atoms with Crippen LogP contribution in [-0.2, 0) is 4.74 Å². The van der Waals surface area contributed by atoms with Crippen molar-refractivity contribution < 1.29 is 18.6 Å². The predicted octanol–water partition coefficient (Wildman–Crippen LogP) is 5.29. The van der Waals surface area contributed by atoms with Crippen LogP contribution in [-0.4, -0.2) is 42.4 Å². The maximum absolute atomic E-state index is 13.5. The molecule has 180 valence electrons. The Morgan fingerprint density at radius 3 is 2.64 bits per heavy atom. The molecule has 0 amide bonds. The third-order valence-electron chi connectivity index (χ3n) is 4.95. The van der Waals surface area contributed by atoms with Crippen molar-refractivity contribution in [2.75, 3.05) is 31.7 Å². The molecule has 1 aromatic heterocycles. The number of hydrogen-bond acceptors (Lipinski definition) is 7. The largest absolute Gasteiger partial charge is 0.490 e. The van der Waals surface area contributed by atoms with E-state index in [1.165, 1.54) is 18.5 Å². The van der Waals surface area contributed by atoms with Crippen LogP contribution in [0.5, 0.6) is 11.5 Å². The Hall–Kier alpha value is -2.10. The zero-order chi connectivity index (χ0) is 21.6. The lowest BCUT2D eigenvalue weighted by molar-refractivity contribution is 0.0243. The summed E-state index contributed by atoms with van der Waals surface area (Å²) in [6.07, 6.45) is 3.85. The third-order valence-corrected chi connectivity index (χ3v) is 5.24. The molecule has 0 aliphatic carbocycles. The van der Waals surface area contributed by atoms with Gasteiger partial charge in [-0.1, -0.05) is 11.6 Å².